The number of nitrogens with zero attached hydrogens (tertiary/aromatic N) is 1. The maximum absolute atomic E-state index is 12.0. The first-order valence-corrected chi connectivity index (χ1v) is 7.14. The summed E-state index contributed by atoms with van der Waals surface area (Å²) in [4.78, 5) is 14.1. The molecule has 1 N–H and O–H groups in total. The monoisotopic (exact) mass is 311 g/mol. The highest BCUT2D eigenvalue weighted by molar-refractivity contribution is 9.09. The van der Waals surface area contributed by atoms with Crippen molar-refractivity contribution in [2.45, 2.75) is 30.6 Å². The zero-order chi connectivity index (χ0) is 13.1. The molecule has 2 rings (SSSR count). The normalized spacial score (nSPS) is 21.4. The van der Waals surface area contributed by atoms with Crippen molar-refractivity contribution < 1.29 is 9.90 Å². The summed E-state index contributed by atoms with van der Waals surface area (Å²) in [6, 6.07) is 8.18. The van der Waals surface area contributed by atoms with Crippen LogP contribution in [0, 0.1) is 6.92 Å². The van der Waals surface area contributed by atoms with E-state index in [4.69, 9.17) is 0 Å². The van der Waals surface area contributed by atoms with E-state index in [1.54, 1.807) is 0 Å². The highest BCUT2D eigenvalue weighted by atomic mass is 79.9. The van der Waals surface area contributed by atoms with Crippen molar-refractivity contribution in [1.29, 1.82) is 0 Å². The van der Waals surface area contributed by atoms with E-state index in [0.717, 1.165) is 12.1 Å². The summed E-state index contributed by atoms with van der Waals surface area (Å²) in [5.41, 5.74) is 2.30. The second-order valence-corrected chi connectivity index (χ2v) is 6.08. The number of amides is 1. The smallest absolute Gasteiger partial charge is 0.224 e. The van der Waals surface area contributed by atoms with Crippen LogP contribution in [0.15, 0.2) is 24.3 Å². The fourth-order valence-electron chi connectivity index (χ4n) is 2.40. The van der Waals surface area contributed by atoms with Crippen LogP contribution in [0.25, 0.3) is 0 Å². The van der Waals surface area contributed by atoms with Gasteiger partial charge in [-0.25, -0.2) is 0 Å². The van der Waals surface area contributed by atoms with Gasteiger partial charge in [0.1, 0.15) is 0 Å². The minimum Gasteiger partial charge on any atom is -0.396 e. The highest BCUT2D eigenvalue weighted by Gasteiger charge is 2.33. The van der Waals surface area contributed by atoms with E-state index in [1.807, 2.05) is 36.1 Å². The number of alkyl halides is 1. The van der Waals surface area contributed by atoms with Crippen molar-refractivity contribution in [2.75, 3.05) is 13.2 Å². The molecule has 1 aromatic rings. The molecule has 1 saturated heterocycles. The Bertz CT molecular complexity index is 418. The molecule has 0 saturated carbocycles. The minimum absolute atomic E-state index is 0.00866. The van der Waals surface area contributed by atoms with E-state index in [0.29, 0.717) is 12.8 Å². The van der Waals surface area contributed by atoms with E-state index in [-0.39, 0.29) is 23.4 Å². The molecular weight excluding hydrogens is 294 g/mol. The molecule has 1 amide bonds. The molecule has 1 aromatic carbocycles. The third-order valence-corrected chi connectivity index (χ3v) is 3.97. The minimum atomic E-state index is -0.00866. The van der Waals surface area contributed by atoms with Crippen LogP contribution in [0.5, 0.6) is 0 Å². The fraction of sp³-hybridized carbons (Fsp3) is 0.500. The number of aliphatic hydroxyl groups is 1. The van der Waals surface area contributed by atoms with E-state index >= 15 is 0 Å². The summed E-state index contributed by atoms with van der Waals surface area (Å²) in [6.45, 7) is 2.85. The van der Waals surface area contributed by atoms with Crippen LogP contribution in [0.4, 0.5) is 0 Å². The zero-order valence-corrected chi connectivity index (χ0v) is 12.1. The van der Waals surface area contributed by atoms with Gasteiger partial charge < -0.3 is 10.0 Å². The van der Waals surface area contributed by atoms with Gasteiger partial charge in [-0.2, -0.15) is 0 Å². The van der Waals surface area contributed by atoms with E-state index in [2.05, 4.69) is 15.9 Å². The Labute approximate surface area is 116 Å². The van der Waals surface area contributed by atoms with E-state index in [9.17, 15) is 9.90 Å². The summed E-state index contributed by atoms with van der Waals surface area (Å²) in [5.74, 6) is 0.163. The van der Waals surface area contributed by atoms with E-state index < -0.39 is 0 Å². The third kappa shape index (κ3) is 2.93. The number of hydrogen-bond acceptors (Lipinski definition) is 2. The number of carbonyl (C=O) groups is 1. The molecule has 3 nitrogen and oxygen atoms in total. The third-order valence-electron chi connectivity index (χ3n) is 3.35. The first-order chi connectivity index (χ1) is 8.61. The molecule has 0 spiro atoms. The Hall–Kier alpha value is -0.870. The van der Waals surface area contributed by atoms with E-state index in [1.165, 1.54) is 5.56 Å². The topological polar surface area (TPSA) is 40.5 Å². The van der Waals surface area contributed by atoms with Gasteiger partial charge in [-0.05, 0) is 18.9 Å². The predicted octanol–water partition coefficient (Wildman–Crippen LogP) is 2.41. The van der Waals surface area contributed by atoms with Crippen molar-refractivity contribution in [3.63, 3.8) is 0 Å². The largest absolute Gasteiger partial charge is 0.396 e. The molecule has 1 aliphatic heterocycles. The van der Waals surface area contributed by atoms with Crippen LogP contribution in [0.3, 0.4) is 0 Å². The van der Waals surface area contributed by atoms with Gasteiger partial charge in [-0.3, -0.25) is 4.79 Å². The first-order valence-electron chi connectivity index (χ1n) is 6.22. The van der Waals surface area contributed by atoms with Crippen LogP contribution >= 0.6 is 15.9 Å². The standard InChI is InChI=1S/C14H18BrNO2/c1-10-2-4-11(5-3-10)13(6-7-17)16-9-12(15)8-14(16)18/h2-5,12-13,17H,6-9H2,1H3. The average molecular weight is 312 g/mol. The maximum atomic E-state index is 12.0. The number of likely N-dealkylation sites (tertiary alicyclic amines) is 1. The molecule has 0 bridgehead atoms. The lowest BCUT2D eigenvalue weighted by Gasteiger charge is -2.28. The Kier molecular flexibility index (Phi) is 4.40. The number of hydrogen-bond donors (Lipinski definition) is 1. The number of aliphatic hydroxyl groups excluding tert-OH is 1. The van der Waals surface area contributed by atoms with Gasteiger partial charge in [0.05, 0.1) is 6.04 Å². The second-order valence-electron chi connectivity index (χ2n) is 4.79. The molecule has 98 valence electrons. The van der Waals surface area contributed by atoms with Gasteiger partial charge in [-0.15, -0.1) is 0 Å². The molecule has 1 heterocycles. The number of halogens is 1. The summed E-state index contributed by atoms with van der Waals surface area (Å²) >= 11 is 3.50. The summed E-state index contributed by atoms with van der Waals surface area (Å²) in [6.07, 6.45) is 1.14. The Morgan fingerprint density at radius 3 is 2.61 bits per heavy atom. The van der Waals surface area contributed by atoms with Gasteiger partial charge in [0.25, 0.3) is 0 Å². The summed E-state index contributed by atoms with van der Waals surface area (Å²) in [5, 5.41) is 9.22. The molecule has 0 aliphatic carbocycles. The summed E-state index contributed by atoms with van der Waals surface area (Å²) in [7, 11) is 0. The molecule has 4 heteroatoms. The molecular formula is C14H18BrNO2. The quantitative estimate of drug-likeness (QED) is 0.868. The van der Waals surface area contributed by atoms with Gasteiger partial charge in [0, 0.05) is 24.4 Å². The summed E-state index contributed by atoms with van der Waals surface area (Å²) < 4.78 is 0. The Balaban J connectivity index is 2.22. The lowest BCUT2D eigenvalue weighted by Crippen LogP contribution is -2.31. The van der Waals surface area contributed by atoms with Gasteiger partial charge in [0.2, 0.25) is 5.91 Å². The highest BCUT2D eigenvalue weighted by Crippen LogP contribution is 2.31. The molecule has 2 unspecified atom stereocenters. The number of carbonyl (C=O) groups excluding carboxylic acids is 1. The molecule has 0 radical (unpaired) electrons. The van der Waals surface area contributed by atoms with Crippen LogP contribution in [0.2, 0.25) is 0 Å². The molecule has 1 aliphatic rings. The first kappa shape index (κ1) is 13.6. The van der Waals surface area contributed by atoms with Crippen LogP contribution in [0.1, 0.15) is 30.0 Å². The zero-order valence-electron chi connectivity index (χ0n) is 10.5. The lowest BCUT2D eigenvalue weighted by molar-refractivity contribution is -0.130. The van der Waals surface area contributed by atoms with Crippen molar-refractivity contribution in [3.05, 3.63) is 35.4 Å². The number of rotatable bonds is 4. The second kappa shape index (κ2) is 5.85. The van der Waals surface area contributed by atoms with Gasteiger partial charge in [-0.1, -0.05) is 45.8 Å². The fourth-order valence-corrected chi connectivity index (χ4v) is 2.99. The molecule has 0 aromatic heterocycles. The molecule has 2 atom stereocenters. The lowest BCUT2D eigenvalue weighted by atomic mass is 10.0. The van der Waals surface area contributed by atoms with Crippen molar-refractivity contribution >= 4 is 21.8 Å². The number of aryl methyl sites for hydroxylation is 1. The van der Waals surface area contributed by atoms with Crippen LogP contribution in [-0.4, -0.2) is 33.9 Å². The van der Waals surface area contributed by atoms with Crippen LogP contribution in [-0.2, 0) is 4.79 Å². The van der Waals surface area contributed by atoms with Gasteiger partial charge >= 0.3 is 0 Å². The molecule has 1 fully saturated rings. The van der Waals surface area contributed by atoms with Crippen molar-refractivity contribution in [2.24, 2.45) is 0 Å². The van der Waals surface area contributed by atoms with Crippen molar-refractivity contribution in [3.8, 4) is 0 Å². The predicted molar refractivity (Wildman–Crippen MR) is 74.7 cm³/mol. The van der Waals surface area contributed by atoms with Crippen molar-refractivity contribution in [1.82, 2.24) is 4.90 Å². The average Bonchev–Trinajstić information content (AvgIpc) is 2.67. The maximum Gasteiger partial charge on any atom is 0.224 e. The van der Waals surface area contributed by atoms with Gasteiger partial charge in [0.15, 0.2) is 0 Å². The Morgan fingerprint density at radius 2 is 2.11 bits per heavy atom. The number of benzene rings is 1. The SMILES string of the molecule is Cc1ccc(C(CCO)N2CC(Br)CC2=O)cc1. The Morgan fingerprint density at radius 1 is 1.44 bits per heavy atom. The van der Waals surface area contributed by atoms with Crippen LogP contribution < -0.4 is 0 Å². The molecule has 18 heavy (non-hydrogen) atoms.